The number of rotatable bonds is 7. The van der Waals surface area contributed by atoms with Crippen molar-refractivity contribution in [2.24, 2.45) is 0 Å². The van der Waals surface area contributed by atoms with Crippen LogP contribution in [0.1, 0.15) is 22.9 Å². The lowest BCUT2D eigenvalue weighted by atomic mass is 10.0. The largest absolute Gasteiger partial charge is 0.388 e. The highest BCUT2D eigenvalue weighted by atomic mass is 32.2. The Morgan fingerprint density at radius 1 is 0.903 bits per heavy atom. The van der Waals surface area contributed by atoms with Crippen LogP contribution in [0.4, 0.5) is 0 Å². The number of hydrogen-bond donors (Lipinski definition) is 1. The minimum absolute atomic E-state index is 0.0733. The fourth-order valence-corrected chi connectivity index (χ4v) is 4.82. The predicted molar refractivity (Wildman–Crippen MR) is 122 cm³/mol. The second-order valence-corrected chi connectivity index (χ2v) is 9.30. The lowest BCUT2D eigenvalue weighted by Gasteiger charge is -2.27. The van der Waals surface area contributed by atoms with Crippen molar-refractivity contribution in [3.8, 4) is 0 Å². The van der Waals surface area contributed by atoms with Gasteiger partial charge in [-0.1, -0.05) is 66.2 Å². The molecule has 0 bridgehead atoms. The summed E-state index contributed by atoms with van der Waals surface area (Å²) in [7, 11) is -3.98. The maximum Gasteiger partial charge on any atom is 0.297 e. The molecular formula is C25H25NO4S. The van der Waals surface area contributed by atoms with Crippen molar-refractivity contribution < 1.29 is 17.7 Å². The molecule has 0 amide bonds. The third-order valence-corrected chi connectivity index (χ3v) is 6.72. The lowest BCUT2D eigenvalue weighted by Crippen LogP contribution is -2.31. The van der Waals surface area contributed by atoms with E-state index >= 15 is 0 Å². The second kappa shape index (κ2) is 8.67. The molecule has 0 saturated heterocycles. The molecular weight excluding hydrogens is 410 g/mol. The third kappa shape index (κ3) is 4.42. The van der Waals surface area contributed by atoms with Crippen LogP contribution in [-0.4, -0.2) is 30.8 Å². The van der Waals surface area contributed by atoms with E-state index in [2.05, 4.69) is 6.07 Å². The van der Waals surface area contributed by atoms with Gasteiger partial charge in [-0.2, -0.15) is 8.42 Å². The summed E-state index contributed by atoms with van der Waals surface area (Å²) in [4.78, 5) is 0.0733. The maximum atomic E-state index is 12.6. The summed E-state index contributed by atoms with van der Waals surface area (Å²) < 4.78 is 32.6. The minimum atomic E-state index is -3.98. The van der Waals surface area contributed by atoms with Crippen molar-refractivity contribution in [3.05, 3.63) is 102 Å². The number of fused-ring (bicyclic) bond motifs is 1. The number of nitrogens with zero attached hydrogens (tertiary/aromatic N) is 1. The van der Waals surface area contributed by atoms with Gasteiger partial charge in [-0.25, -0.2) is 0 Å². The molecule has 5 nitrogen and oxygen atoms in total. The van der Waals surface area contributed by atoms with E-state index in [1.165, 1.54) is 12.1 Å². The van der Waals surface area contributed by atoms with E-state index in [0.29, 0.717) is 0 Å². The Morgan fingerprint density at radius 2 is 1.55 bits per heavy atom. The van der Waals surface area contributed by atoms with Crippen molar-refractivity contribution in [1.29, 1.82) is 0 Å². The van der Waals surface area contributed by atoms with Gasteiger partial charge in [0, 0.05) is 11.2 Å². The first-order valence-corrected chi connectivity index (χ1v) is 11.5. The Hall–Kier alpha value is -2.93. The summed E-state index contributed by atoms with van der Waals surface area (Å²) in [6.45, 7) is 3.50. The molecule has 1 N–H and O–H groups in total. The Morgan fingerprint density at radius 3 is 2.26 bits per heavy atom. The first kappa shape index (κ1) is 21.3. The highest BCUT2D eigenvalue weighted by molar-refractivity contribution is 7.86. The standard InChI is InChI=1S/C25H25NO4S/c1-18-12-14-22(15-13-18)31(28,29)30-17-24(27)25(20-8-4-3-5-9-20)26-19(2)16-21-10-6-7-11-23(21)26/h3-16,24-25,27H,17H2,1-2H3. The topological polar surface area (TPSA) is 68.5 Å². The first-order valence-electron chi connectivity index (χ1n) is 10.1. The molecule has 0 aliphatic rings. The Labute approximate surface area is 182 Å². The Balaban J connectivity index is 1.68. The smallest absolute Gasteiger partial charge is 0.297 e. The molecule has 4 aromatic rings. The van der Waals surface area contributed by atoms with E-state index in [4.69, 9.17) is 4.18 Å². The zero-order valence-electron chi connectivity index (χ0n) is 17.5. The molecule has 0 aliphatic heterocycles. The lowest BCUT2D eigenvalue weighted by molar-refractivity contribution is 0.0779. The predicted octanol–water partition coefficient (Wildman–Crippen LogP) is 4.61. The summed E-state index contributed by atoms with van der Waals surface area (Å²) >= 11 is 0. The summed E-state index contributed by atoms with van der Waals surface area (Å²) in [6.07, 6.45) is -1.09. The molecule has 31 heavy (non-hydrogen) atoms. The third-order valence-electron chi connectivity index (χ3n) is 5.43. The van der Waals surface area contributed by atoms with Gasteiger partial charge in [-0.3, -0.25) is 4.18 Å². The van der Waals surface area contributed by atoms with E-state index in [1.54, 1.807) is 12.1 Å². The van der Waals surface area contributed by atoms with Crippen LogP contribution in [0.5, 0.6) is 0 Å². The van der Waals surface area contributed by atoms with Gasteiger partial charge in [0.1, 0.15) is 6.10 Å². The molecule has 4 rings (SSSR count). The number of aliphatic hydroxyl groups is 1. The summed E-state index contributed by atoms with van der Waals surface area (Å²) in [5, 5.41) is 12.2. The molecule has 0 radical (unpaired) electrons. The molecule has 0 aliphatic carbocycles. The average Bonchev–Trinajstić information content (AvgIpc) is 3.09. The van der Waals surface area contributed by atoms with Gasteiger partial charge in [0.25, 0.3) is 10.1 Å². The number of para-hydroxylation sites is 1. The van der Waals surface area contributed by atoms with Crippen LogP contribution < -0.4 is 0 Å². The maximum absolute atomic E-state index is 12.6. The van der Waals surface area contributed by atoms with Gasteiger partial charge in [0.2, 0.25) is 0 Å². The van der Waals surface area contributed by atoms with E-state index in [0.717, 1.165) is 27.7 Å². The van der Waals surface area contributed by atoms with Crippen LogP contribution in [0.2, 0.25) is 0 Å². The van der Waals surface area contributed by atoms with Crippen molar-refractivity contribution in [2.45, 2.75) is 30.9 Å². The normalized spacial score (nSPS) is 13.9. The molecule has 0 saturated carbocycles. The number of hydrogen-bond acceptors (Lipinski definition) is 4. The monoisotopic (exact) mass is 435 g/mol. The molecule has 2 unspecified atom stereocenters. The van der Waals surface area contributed by atoms with Crippen LogP contribution in [0, 0.1) is 13.8 Å². The van der Waals surface area contributed by atoms with Crippen LogP contribution in [0.3, 0.4) is 0 Å². The van der Waals surface area contributed by atoms with Crippen molar-refractivity contribution in [2.75, 3.05) is 6.61 Å². The number of aliphatic hydroxyl groups excluding tert-OH is 1. The first-order chi connectivity index (χ1) is 14.9. The molecule has 0 spiro atoms. The second-order valence-electron chi connectivity index (χ2n) is 7.69. The van der Waals surface area contributed by atoms with Gasteiger partial charge in [-0.15, -0.1) is 0 Å². The fraction of sp³-hybridized carbons (Fsp3) is 0.200. The SMILES string of the molecule is Cc1ccc(S(=O)(=O)OCC(O)C(c2ccccc2)n2c(C)cc3ccccc32)cc1. The molecule has 6 heteroatoms. The zero-order chi connectivity index (χ0) is 22.0. The van der Waals surface area contributed by atoms with Gasteiger partial charge >= 0.3 is 0 Å². The molecule has 160 valence electrons. The van der Waals surface area contributed by atoms with Crippen molar-refractivity contribution in [3.63, 3.8) is 0 Å². The zero-order valence-corrected chi connectivity index (χ0v) is 18.3. The summed E-state index contributed by atoms with van der Waals surface area (Å²) in [5.74, 6) is 0. The number of aryl methyl sites for hydroxylation is 2. The Kier molecular flexibility index (Phi) is 5.96. The van der Waals surface area contributed by atoms with E-state index < -0.39 is 22.3 Å². The molecule has 0 fully saturated rings. The molecule has 2 atom stereocenters. The Bertz CT molecular complexity index is 1280. The highest BCUT2D eigenvalue weighted by Gasteiger charge is 2.28. The van der Waals surface area contributed by atoms with Gasteiger partial charge in [0.05, 0.1) is 17.5 Å². The average molecular weight is 436 g/mol. The van der Waals surface area contributed by atoms with Gasteiger partial charge < -0.3 is 9.67 Å². The van der Waals surface area contributed by atoms with Crippen molar-refractivity contribution >= 4 is 21.0 Å². The minimum Gasteiger partial charge on any atom is -0.388 e. The van der Waals surface area contributed by atoms with E-state index in [-0.39, 0.29) is 11.5 Å². The summed E-state index contributed by atoms with van der Waals surface area (Å²) in [5.41, 5.74) is 3.76. The summed E-state index contributed by atoms with van der Waals surface area (Å²) in [6, 6.07) is 25.5. The van der Waals surface area contributed by atoms with Gasteiger partial charge in [-0.05, 0) is 49.1 Å². The van der Waals surface area contributed by atoms with Crippen molar-refractivity contribution in [1.82, 2.24) is 4.57 Å². The van der Waals surface area contributed by atoms with Crippen LogP contribution in [0.15, 0.2) is 89.8 Å². The van der Waals surface area contributed by atoms with E-state index in [1.807, 2.05) is 73.0 Å². The number of aromatic nitrogens is 1. The van der Waals surface area contributed by atoms with E-state index in [9.17, 15) is 13.5 Å². The molecule has 3 aromatic carbocycles. The number of benzene rings is 3. The highest BCUT2D eigenvalue weighted by Crippen LogP contribution is 2.31. The van der Waals surface area contributed by atoms with Crippen LogP contribution >= 0.6 is 0 Å². The van der Waals surface area contributed by atoms with Crippen LogP contribution in [-0.2, 0) is 14.3 Å². The molecule has 1 aromatic heterocycles. The quantitative estimate of drug-likeness (QED) is 0.430. The van der Waals surface area contributed by atoms with Crippen LogP contribution in [0.25, 0.3) is 10.9 Å². The molecule has 1 heterocycles. The fourth-order valence-electron chi connectivity index (χ4n) is 3.90. The van der Waals surface area contributed by atoms with Gasteiger partial charge in [0.15, 0.2) is 0 Å².